The second kappa shape index (κ2) is 5.76. The van der Waals surface area contributed by atoms with Gasteiger partial charge in [0.05, 0.1) is 6.10 Å². The van der Waals surface area contributed by atoms with E-state index in [0.29, 0.717) is 16.5 Å². The topological polar surface area (TPSA) is 20.2 Å². The summed E-state index contributed by atoms with van der Waals surface area (Å²) < 4.78 is 13.8. The van der Waals surface area contributed by atoms with Crippen LogP contribution in [0, 0.1) is 5.82 Å². The van der Waals surface area contributed by atoms with Gasteiger partial charge >= 0.3 is 0 Å². The van der Waals surface area contributed by atoms with Gasteiger partial charge in [-0.15, -0.1) is 11.3 Å². The van der Waals surface area contributed by atoms with Crippen molar-refractivity contribution in [3.8, 4) is 0 Å². The molecule has 1 heterocycles. The molecule has 2 rings (SSSR count). The van der Waals surface area contributed by atoms with Crippen LogP contribution < -0.4 is 0 Å². The molecule has 0 aliphatic heterocycles. The first kappa shape index (κ1) is 12.7. The first-order chi connectivity index (χ1) is 8.15. The van der Waals surface area contributed by atoms with E-state index in [-0.39, 0.29) is 5.82 Å². The van der Waals surface area contributed by atoms with E-state index >= 15 is 0 Å². The van der Waals surface area contributed by atoms with Gasteiger partial charge in [0.1, 0.15) is 5.82 Å². The molecule has 1 aromatic carbocycles. The summed E-state index contributed by atoms with van der Waals surface area (Å²) in [5.41, 5.74) is 0.619. The van der Waals surface area contributed by atoms with Crippen molar-refractivity contribution in [2.45, 2.75) is 18.9 Å². The Labute approximate surface area is 112 Å². The second-order valence-corrected chi connectivity index (χ2v) is 5.78. The molecule has 4 heteroatoms. The smallest absolute Gasteiger partial charge is 0.124 e. The largest absolute Gasteiger partial charge is 0.388 e. The Kier molecular flexibility index (Phi) is 4.31. The van der Waals surface area contributed by atoms with Crippen molar-refractivity contribution < 1.29 is 9.50 Å². The number of benzene rings is 1. The Morgan fingerprint density at radius 2 is 2.18 bits per heavy atom. The monoisotopic (exact) mass is 314 g/mol. The molecule has 0 radical (unpaired) electrons. The predicted octanol–water partition coefficient (Wildman–Crippen LogP) is 4.32. The predicted molar refractivity (Wildman–Crippen MR) is 71.7 cm³/mol. The third kappa shape index (κ3) is 3.63. The van der Waals surface area contributed by atoms with E-state index in [4.69, 9.17) is 0 Å². The number of halogens is 2. The Morgan fingerprint density at radius 3 is 2.82 bits per heavy atom. The molecule has 0 spiro atoms. The fraction of sp³-hybridized carbons (Fsp3) is 0.231. The molecule has 0 saturated carbocycles. The summed E-state index contributed by atoms with van der Waals surface area (Å²) in [6.07, 6.45) is 0.799. The summed E-state index contributed by atoms with van der Waals surface area (Å²) in [5, 5.41) is 12.0. The van der Waals surface area contributed by atoms with Gasteiger partial charge in [0.25, 0.3) is 0 Å². The summed E-state index contributed by atoms with van der Waals surface area (Å²) in [7, 11) is 0. The van der Waals surface area contributed by atoms with E-state index in [2.05, 4.69) is 15.9 Å². The molecular weight excluding hydrogens is 303 g/mol. The molecule has 1 N–H and O–H groups in total. The van der Waals surface area contributed by atoms with Crippen molar-refractivity contribution in [2.24, 2.45) is 0 Å². The third-order valence-electron chi connectivity index (χ3n) is 2.51. The van der Waals surface area contributed by atoms with Crippen LogP contribution in [0.2, 0.25) is 0 Å². The number of hydrogen-bond acceptors (Lipinski definition) is 2. The lowest BCUT2D eigenvalue weighted by atomic mass is 10.0. The van der Waals surface area contributed by atoms with Crippen molar-refractivity contribution in [1.82, 2.24) is 0 Å². The lowest BCUT2D eigenvalue weighted by Crippen LogP contribution is -1.99. The Bertz CT molecular complexity index is 464. The summed E-state index contributed by atoms with van der Waals surface area (Å²) in [5.74, 6) is -0.329. The Hall–Kier alpha value is -0.710. The first-order valence-corrected chi connectivity index (χ1v) is 6.99. The van der Waals surface area contributed by atoms with E-state index in [0.717, 1.165) is 6.42 Å². The zero-order chi connectivity index (χ0) is 12.3. The first-order valence-electron chi connectivity index (χ1n) is 5.31. The standard InChI is InChI=1S/C13H12BrFOS/c14-10-6-9(7-11(15)8-10)13(16)4-3-12-2-1-5-17-12/h1-2,5-8,13,16H,3-4H2. The average molecular weight is 315 g/mol. The highest BCUT2D eigenvalue weighted by molar-refractivity contribution is 9.10. The molecule has 0 saturated heterocycles. The number of rotatable bonds is 4. The zero-order valence-electron chi connectivity index (χ0n) is 9.07. The molecule has 0 bridgehead atoms. The maximum absolute atomic E-state index is 13.2. The van der Waals surface area contributed by atoms with Crippen LogP contribution >= 0.6 is 27.3 Å². The molecule has 1 aromatic heterocycles. The molecule has 0 amide bonds. The molecule has 17 heavy (non-hydrogen) atoms. The number of aryl methyl sites for hydroxylation is 1. The van der Waals surface area contributed by atoms with E-state index in [1.54, 1.807) is 17.4 Å². The van der Waals surface area contributed by atoms with Crippen LogP contribution in [0.5, 0.6) is 0 Å². The maximum atomic E-state index is 13.2. The van der Waals surface area contributed by atoms with Gasteiger partial charge in [0.2, 0.25) is 0 Å². The SMILES string of the molecule is OC(CCc1cccs1)c1cc(F)cc(Br)c1. The van der Waals surface area contributed by atoms with Crippen LogP contribution in [-0.2, 0) is 6.42 Å². The van der Waals surface area contributed by atoms with Crippen LogP contribution in [0.25, 0.3) is 0 Å². The van der Waals surface area contributed by atoms with Gasteiger partial charge in [-0.3, -0.25) is 0 Å². The van der Waals surface area contributed by atoms with E-state index < -0.39 is 6.10 Å². The minimum Gasteiger partial charge on any atom is -0.388 e. The number of aliphatic hydroxyl groups is 1. The van der Waals surface area contributed by atoms with Crippen molar-refractivity contribution in [3.63, 3.8) is 0 Å². The Morgan fingerprint density at radius 1 is 1.35 bits per heavy atom. The third-order valence-corrected chi connectivity index (χ3v) is 3.91. The molecule has 1 atom stereocenters. The van der Waals surface area contributed by atoms with E-state index in [1.807, 2.05) is 17.5 Å². The second-order valence-electron chi connectivity index (χ2n) is 3.84. The molecule has 0 fully saturated rings. The van der Waals surface area contributed by atoms with Gasteiger partial charge in [-0.2, -0.15) is 0 Å². The normalized spacial score (nSPS) is 12.6. The Balaban J connectivity index is 2.01. The number of thiophene rings is 1. The summed E-state index contributed by atoms with van der Waals surface area (Å²) >= 11 is 4.89. The molecule has 2 aromatic rings. The minimum atomic E-state index is -0.621. The van der Waals surface area contributed by atoms with E-state index in [1.165, 1.54) is 17.0 Å². The van der Waals surface area contributed by atoms with Crippen molar-refractivity contribution in [3.05, 3.63) is 56.4 Å². The summed E-state index contributed by atoms with van der Waals surface area (Å²) in [6.45, 7) is 0. The van der Waals surface area contributed by atoms with Crippen LogP contribution in [0.3, 0.4) is 0 Å². The van der Waals surface area contributed by atoms with E-state index in [9.17, 15) is 9.50 Å². The van der Waals surface area contributed by atoms with Gasteiger partial charge in [0.15, 0.2) is 0 Å². The lowest BCUT2D eigenvalue weighted by Gasteiger charge is -2.11. The van der Waals surface area contributed by atoms with Gasteiger partial charge < -0.3 is 5.11 Å². The van der Waals surface area contributed by atoms with Gasteiger partial charge in [-0.05, 0) is 48.1 Å². The fourth-order valence-electron chi connectivity index (χ4n) is 1.67. The minimum absolute atomic E-state index is 0.329. The zero-order valence-corrected chi connectivity index (χ0v) is 11.5. The highest BCUT2D eigenvalue weighted by Gasteiger charge is 2.10. The highest BCUT2D eigenvalue weighted by Crippen LogP contribution is 2.24. The van der Waals surface area contributed by atoms with Crippen LogP contribution in [0.4, 0.5) is 4.39 Å². The molecule has 0 aliphatic carbocycles. The van der Waals surface area contributed by atoms with Crippen molar-refractivity contribution in [2.75, 3.05) is 0 Å². The lowest BCUT2D eigenvalue weighted by molar-refractivity contribution is 0.167. The van der Waals surface area contributed by atoms with Crippen molar-refractivity contribution >= 4 is 27.3 Å². The molecule has 0 aliphatic rings. The van der Waals surface area contributed by atoms with Crippen LogP contribution in [0.1, 0.15) is 23.0 Å². The highest BCUT2D eigenvalue weighted by atomic mass is 79.9. The van der Waals surface area contributed by atoms with Gasteiger partial charge in [-0.1, -0.05) is 22.0 Å². The molecule has 1 unspecified atom stereocenters. The quantitative estimate of drug-likeness (QED) is 0.891. The molecular formula is C13H12BrFOS. The number of hydrogen-bond donors (Lipinski definition) is 1. The van der Waals surface area contributed by atoms with Crippen LogP contribution in [-0.4, -0.2) is 5.11 Å². The van der Waals surface area contributed by atoms with Crippen LogP contribution in [0.15, 0.2) is 40.2 Å². The molecule has 90 valence electrons. The van der Waals surface area contributed by atoms with Crippen molar-refractivity contribution in [1.29, 1.82) is 0 Å². The number of aliphatic hydroxyl groups excluding tert-OH is 1. The maximum Gasteiger partial charge on any atom is 0.124 e. The van der Waals surface area contributed by atoms with Gasteiger partial charge in [0, 0.05) is 9.35 Å². The summed E-state index contributed by atoms with van der Waals surface area (Å²) in [6, 6.07) is 8.55. The average Bonchev–Trinajstić information content (AvgIpc) is 2.77. The fourth-order valence-corrected chi connectivity index (χ4v) is 2.88. The summed E-state index contributed by atoms with van der Waals surface area (Å²) in [4.78, 5) is 1.24. The van der Waals surface area contributed by atoms with Gasteiger partial charge in [-0.25, -0.2) is 4.39 Å². The molecule has 1 nitrogen and oxygen atoms in total.